The monoisotopic (exact) mass is 518 g/mol. The Morgan fingerprint density at radius 2 is 1.14 bits per heavy atom. The van der Waals surface area contributed by atoms with Gasteiger partial charge >= 0.3 is 29.6 Å². The number of benzene rings is 1. The van der Waals surface area contributed by atoms with E-state index in [4.69, 9.17) is 0 Å². The summed E-state index contributed by atoms with van der Waals surface area (Å²) in [7, 11) is -4.77. The van der Waals surface area contributed by atoms with Crippen molar-refractivity contribution in [2.45, 2.75) is 121 Å². The van der Waals surface area contributed by atoms with E-state index < -0.39 is 15.0 Å². The predicted octanol–water partition coefficient (Wildman–Crippen LogP) is 3.75. The topological polar surface area (TPSA) is 115 Å². The molecule has 1 rings (SSSR count). The Balaban J connectivity index is 0.0000116. The largest absolute Gasteiger partial charge is 1.00 e. The molecule has 0 aliphatic carbocycles. The van der Waals surface area contributed by atoms with Crippen LogP contribution in [0.5, 0.6) is 0 Å². The van der Waals surface area contributed by atoms with Crippen molar-refractivity contribution in [3.8, 4) is 0 Å². The summed E-state index contributed by atoms with van der Waals surface area (Å²) in [4.78, 5) is 24.1. The van der Waals surface area contributed by atoms with Gasteiger partial charge in [0.1, 0.15) is 10.1 Å². The van der Waals surface area contributed by atoms with Crippen LogP contribution in [0.3, 0.4) is 0 Å². The number of nitrogens with one attached hydrogen (secondary N) is 2. The number of hydrogen-bond acceptors (Lipinski definition) is 5. The van der Waals surface area contributed by atoms with E-state index in [1.807, 2.05) is 0 Å². The summed E-state index contributed by atoms with van der Waals surface area (Å²) in [6.07, 6.45) is 15.8. The van der Waals surface area contributed by atoms with Gasteiger partial charge in [-0.1, -0.05) is 90.9 Å². The molecule has 1 aromatic rings. The molecule has 0 radical (unpaired) electrons. The van der Waals surface area contributed by atoms with Crippen molar-refractivity contribution in [3.63, 3.8) is 0 Å². The summed E-state index contributed by atoms with van der Waals surface area (Å²) in [6.45, 7) is 4.34. The number of carbonyl (C=O) groups is 2. The summed E-state index contributed by atoms with van der Waals surface area (Å²) in [5.41, 5.74) is 0.267. The standard InChI is InChI=1S/C26H44N2O5S.Na/c1-3-5-7-9-11-13-15-17-25(29)27-22-19-20-24(34(31,32)33)23(21-22)28-26(30)18-16-14-12-10-8-6-4-2;/h19-21H,3-18H2,1-2H3,(H,27,29)(H,28,30)(H,31,32,33);/q;+1/p-1. The van der Waals surface area contributed by atoms with Crippen molar-refractivity contribution in [1.82, 2.24) is 0 Å². The molecule has 0 bridgehead atoms. The third-order valence-corrected chi connectivity index (χ3v) is 6.72. The van der Waals surface area contributed by atoms with Gasteiger partial charge in [-0.2, -0.15) is 0 Å². The van der Waals surface area contributed by atoms with E-state index in [0.717, 1.165) is 44.6 Å². The minimum absolute atomic E-state index is 0. The van der Waals surface area contributed by atoms with E-state index in [-0.39, 0.29) is 53.5 Å². The first-order valence-corrected chi connectivity index (χ1v) is 14.4. The molecule has 0 atom stereocenters. The molecule has 1 aromatic carbocycles. The summed E-state index contributed by atoms with van der Waals surface area (Å²) in [5.74, 6) is -0.517. The van der Waals surface area contributed by atoms with Crippen LogP contribution in [0.15, 0.2) is 23.1 Å². The number of unbranched alkanes of at least 4 members (excludes halogenated alkanes) is 12. The van der Waals surface area contributed by atoms with Crippen LogP contribution in [0.25, 0.3) is 0 Å². The Bertz CT molecular complexity index is 846. The molecule has 0 aromatic heterocycles. The van der Waals surface area contributed by atoms with Gasteiger partial charge in [-0.15, -0.1) is 0 Å². The molecule has 0 aliphatic heterocycles. The summed E-state index contributed by atoms with van der Waals surface area (Å²) in [6, 6.07) is 3.85. The van der Waals surface area contributed by atoms with E-state index >= 15 is 0 Å². The third kappa shape index (κ3) is 16.4. The Hall–Kier alpha value is -0.930. The Labute approximate surface area is 234 Å². The molecule has 194 valence electrons. The van der Waals surface area contributed by atoms with Gasteiger partial charge in [-0.25, -0.2) is 8.42 Å². The quantitative estimate of drug-likeness (QED) is 0.164. The first kappa shape index (κ1) is 34.1. The van der Waals surface area contributed by atoms with Gasteiger partial charge in [0.2, 0.25) is 11.8 Å². The fourth-order valence-corrected chi connectivity index (χ4v) is 4.46. The third-order valence-electron chi connectivity index (χ3n) is 5.82. The van der Waals surface area contributed by atoms with Crippen LogP contribution in [0.4, 0.5) is 11.4 Å². The molecule has 0 aliphatic rings. The second-order valence-electron chi connectivity index (χ2n) is 9.00. The molecular weight excluding hydrogens is 475 g/mol. The number of amides is 2. The van der Waals surface area contributed by atoms with Crippen LogP contribution in [-0.2, 0) is 19.7 Å². The molecule has 2 N–H and O–H groups in total. The Kier molecular flexibility index (Phi) is 19.6. The van der Waals surface area contributed by atoms with Crippen LogP contribution >= 0.6 is 0 Å². The van der Waals surface area contributed by atoms with Gasteiger partial charge < -0.3 is 15.2 Å². The van der Waals surface area contributed by atoms with Crippen LogP contribution < -0.4 is 40.2 Å². The van der Waals surface area contributed by atoms with Crippen LogP contribution in [0, 0.1) is 0 Å². The average molecular weight is 519 g/mol. The molecule has 0 unspecified atom stereocenters. The minimum atomic E-state index is -4.77. The van der Waals surface area contributed by atoms with Crippen molar-refractivity contribution >= 4 is 33.3 Å². The van der Waals surface area contributed by atoms with Crippen LogP contribution in [0.2, 0.25) is 0 Å². The second-order valence-corrected chi connectivity index (χ2v) is 10.4. The fraction of sp³-hybridized carbons (Fsp3) is 0.692. The molecule has 0 saturated carbocycles. The predicted molar refractivity (Wildman–Crippen MR) is 137 cm³/mol. The van der Waals surface area contributed by atoms with Crippen molar-refractivity contribution in [2.75, 3.05) is 10.6 Å². The maximum absolute atomic E-state index is 12.3. The molecule has 0 saturated heterocycles. The van der Waals surface area contributed by atoms with Crippen LogP contribution in [-0.4, -0.2) is 24.8 Å². The second kappa shape index (κ2) is 20.2. The zero-order valence-electron chi connectivity index (χ0n) is 22.0. The van der Waals surface area contributed by atoms with E-state index in [9.17, 15) is 22.6 Å². The number of hydrogen-bond donors (Lipinski definition) is 2. The van der Waals surface area contributed by atoms with Gasteiger partial charge in [0, 0.05) is 18.5 Å². The SMILES string of the molecule is CCCCCCCCCC(=O)Nc1ccc(S(=O)(=O)[O-])c(NC(=O)CCCCCCCCC)c1.[Na+]. The van der Waals surface area contributed by atoms with Crippen molar-refractivity contribution in [3.05, 3.63) is 18.2 Å². The van der Waals surface area contributed by atoms with E-state index in [1.54, 1.807) is 0 Å². The number of anilines is 2. The number of rotatable bonds is 19. The minimum Gasteiger partial charge on any atom is -0.744 e. The fourth-order valence-electron chi connectivity index (χ4n) is 3.84. The molecule has 0 heterocycles. The molecule has 2 amide bonds. The van der Waals surface area contributed by atoms with Gasteiger partial charge in [-0.05, 0) is 31.0 Å². The van der Waals surface area contributed by atoms with Crippen molar-refractivity contribution in [1.29, 1.82) is 0 Å². The molecule has 0 fully saturated rings. The Morgan fingerprint density at radius 1 is 0.714 bits per heavy atom. The van der Waals surface area contributed by atoms with Gasteiger partial charge in [0.25, 0.3) is 0 Å². The summed E-state index contributed by atoms with van der Waals surface area (Å²) < 4.78 is 34.9. The zero-order chi connectivity index (χ0) is 25.2. The first-order valence-electron chi connectivity index (χ1n) is 13.0. The molecule has 7 nitrogen and oxygen atoms in total. The number of carbonyl (C=O) groups excluding carboxylic acids is 2. The van der Waals surface area contributed by atoms with Crippen LogP contribution in [0.1, 0.15) is 117 Å². The zero-order valence-corrected chi connectivity index (χ0v) is 24.8. The first-order chi connectivity index (χ1) is 16.3. The molecule has 9 heteroatoms. The summed E-state index contributed by atoms with van der Waals surface area (Å²) in [5, 5.41) is 5.28. The van der Waals surface area contributed by atoms with Gasteiger partial charge in [0.05, 0.1) is 10.6 Å². The van der Waals surface area contributed by atoms with Gasteiger partial charge in [0.15, 0.2) is 0 Å². The van der Waals surface area contributed by atoms with Crippen molar-refractivity contribution in [2.24, 2.45) is 0 Å². The maximum Gasteiger partial charge on any atom is 1.00 e. The summed E-state index contributed by atoms with van der Waals surface area (Å²) >= 11 is 0. The van der Waals surface area contributed by atoms with E-state index in [2.05, 4.69) is 24.5 Å². The van der Waals surface area contributed by atoms with E-state index in [0.29, 0.717) is 18.5 Å². The maximum atomic E-state index is 12.3. The Morgan fingerprint density at radius 3 is 1.60 bits per heavy atom. The average Bonchev–Trinajstić information content (AvgIpc) is 2.77. The molecular formula is C26H43N2NaO5S. The van der Waals surface area contributed by atoms with Gasteiger partial charge in [-0.3, -0.25) is 9.59 Å². The normalized spacial score (nSPS) is 11.1. The molecule has 0 spiro atoms. The molecule has 35 heavy (non-hydrogen) atoms. The van der Waals surface area contributed by atoms with Crippen molar-refractivity contribution < 1.29 is 52.1 Å². The smallest absolute Gasteiger partial charge is 0.744 e. The van der Waals surface area contributed by atoms with E-state index in [1.165, 1.54) is 57.1 Å².